The van der Waals surface area contributed by atoms with Gasteiger partial charge < -0.3 is 10.6 Å². The van der Waals surface area contributed by atoms with Crippen molar-refractivity contribution in [1.82, 2.24) is 25.1 Å². The second-order valence-corrected chi connectivity index (χ2v) is 8.90. The minimum Gasteiger partial charge on any atom is -0.369 e. The zero-order valence-corrected chi connectivity index (χ0v) is 19.4. The average Bonchev–Trinajstić information content (AvgIpc) is 3.13. The number of fused-ring (bicyclic) bond motifs is 1. The van der Waals surface area contributed by atoms with Crippen LogP contribution in [0.2, 0.25) is 5.02 Å². The Morgan fingerprint density at radius 1 is 1.32 bits per heavy atom. The zero-order chi connectivity index (χ0) is 22.4. The molecule has 0 unspecified atom stereocenters. The highest BCUT2D eigenvalue weighted by molar-refractivity contribution is 7.99. The molecule has 0 spiro atoms. The molecular formula is C21H26ClFN6OS. The van der Waals surface area contributed by atoms with Gasteiger partial charge in [-0.1, -0.05) is 50.2 Å². The summed E-state index contributed by atoms with van der Waals surface area (Å²) in [7, 11) is 0. The van der Waals surface area contributed by atoms with E-state index in [0.717, 1.165) is 29.9 Å². The lowest BCUT2D eigenvalue weighted by molar-refractivity contribution is 0.0948. The number of carbonyl (C=O) groups excluding carboxylic acids is 1. The van der Waals surface area contributed by atoms with E-state index in [1.165, 1.54) is 18.2 Å². The summed E-state index contributed by atoms with van der Waals surface area (Å²) in [4.78, 5) is 21.7. The summed E-state index contributed by atoms with van der Waals surface area (Å²) < 4.78 is 15.7. The number of amides is 1. The Hall–Kier alpha value is -2.39. The normalized spacial score (nSPS) is 11.3. The number of halogens is 2. The van der Waals surface area contributed by atoms with E-state index in [1.807, 2.05) is 0 Å². The largest absolute Gasteiger partial charge is 0.369 e. The van der Waals surface area contributed by atoms with Crippen molar-refractivity contribution >= 4 is 46.1 Å². The number of thioether (sulfide) groups is 1. The molecule has 1 amide bonds. The Kier molecular flexibility index (Phi) is 8.09. The topological polar surface area (TPSA) is 84.7 Å². The van der Waals surface area contributed by atoms with Gasteiger partial charge in [-0.2, -0.15) is 5.10 Å². The first-order valence-corrected chi connectivity index (χ1v) is 11.6. The molecule has 0 radical (unpaired) electrons. The number of hydrogen-bond acceptors (Lipinski definition) is 6. The minimum absolute atomic E-state index is 0.0771. The van der Waals surface area contributed by atoms with Crippen molar-refractivity contribution in [3.8, 4) is 0 Å². The van der Waals surface area contributed by atoms with Crippen LogP contribution in [0, 0.1) is 11.7 Å². The maximum Gasteiger partial charge on any atom is 0.255 e. The first kappa shape index (κ1) is 23.3. The molecule has 31 heavy (non-hydrogen) atoms. The van der Waals surface area contributed by atoms with Crippen molar-refractivity contribution in [2.45, 2.75) is 38.9 Å². The van der Waals surface area contributed by atoms with Gasteiger partial charge >= 0.3 is 0 Å². The van der Waals surface area contributed by atoms with Crippen LogP contribution in [0.1, 0.15) is 37.6 Å². The van der Waals surface area contributed by atoms with Crippen LogP contribution in [-0.4, -0.2) is 44.5 Å². The third-order valence-corrected chi connectivity index (χ3v) is 5.76. The lowest BCUT2D eigenvalue weighted by Crippen LogP contribution is -2.28. The molecule has 1 aromatic carbocycles. The van der Waals surface area contributed by atoms with Gasteiger partial charge in [0.15, 0.2) is 10.8 Å². The Bertz CT molecular complexity index is 1040. The van der Waals surface area contributed by atoms with Gasteiger partial charge in [-0.05, 0) is 24.5 Å². The standard InChI is InChI=1S/C21H26ClFN6OS/c1-4-10-31-21-27-18(25-11-13(2)3)14-12-26-29(19(14)28-21)9-8-24-20(30)17-15(22)6-5-7-16(17)23/h5-7,12-13H,4,8-11H2,1-3H3,(H,24,30)(H,25,27,28). The van der Waals surface area contributed by atoms with Crippen LogP contribution >= 0.6 is 23.4 Å². The number of nitrogens with zero attached hydrogens (tertiary/aromatic N) is 4. The molecule has 2 N–H and O–H groups in total. The first-order chi connectivity index (χ1) is 14.9. The van der Waals surface area contributed by atoms with Gasteiger partial charge in [0.05, 0.1) is 28.7 Å². The van der Waals surface area contributed by atoms with E-state index in [-0.39, 0.29) is 17.1 Å². The van der Waals surface area contributed by atoms with Crippen LogP contribution in [0.3, 0.4) is 0 Å². The van der Waals surface area contributed by atoms with Gasteiger partial charge in [0.25, 0.3) is 5.91 Å². The summed E-state index contributed by atoms with van der Waals surface area (Å²) in [6.07, 6.45) is 2.74. The van der Waals surface area contributed by atoms with Crippen molar-refractivity contribution in [3.63, 3.8) is 0 Å². The maximum absolute atomic E-state index is 13.9. The van der Waals surface area contributed by atoms with Crippen LogP contribution in [0.25, 0.3) is 11.0 Å². The lowest BCUT2D eigenvalue weighted by atomic mass is 10.2. The molecule has 0 aliphatic rings. The summed E-state index contributed by atoms with van der Waals surface area (Å²) in [6.45, 7) is 7.78. The van der Waals surface area contributed by atoms with Crippen LogP contribution in [-0.2, 0) is 6.54 Å². The molecule has 0 saturated carbocycles. The fraction of sp³-hybridized carbons (Fsp3) is 0.429. The zero-order valence-electron chi connectivity index (χ0n) is 17.8. The van der Waals surface area contributed by atoms with E-state index < -0.39 is 11.7 Å². The molecule has 0 fully saturated rings. The smallest absolute Gasteiger partial charge is 0.255 e. The fourth-order valence-electron chi connectivity index (χ4n) is 2.87. The summed E-state index contributed by atoms with van der Waals surface area (Å²) in [5, 5.41) is 12.1. The van der Waals surface area contributed by atoms with Crippen LogP contribution in [0.5, 0.6) is 0 Å². The molecule has 10 heteroatoms. The van der Waals surface area contributed by atoms with Crippen molar-refractivity contribution in [3.05, 3.63) is 40.8 Å². The highest BCUT2D eigenvalue weighted by Gasteiger charge is 2.17. The van der Waals surface area contributed by atoms with Crippen molar-refractivity contribution < 1.29 is 9.18 Å². The van der Waals surface area contributed by atoms with E-state index in [1.54, 1.807) is 22.6 Å². The van der Waals surface area contributed by atoms with Crippen molar-refractivity contribution in [2.24, 2.45) is 5.92 Å². The number of benzene rings is 1. The third kappa shape index (κ3) is 5.86. The monoisotopic (exact) mass is 464 g/mol. The number of nitrogens with one attached hydrogen (secondary N) is 2. The molecule has 0 aliphatic heterocycles. The maximum atomic E-state index is 13.9. The SMILES string of the molecule is CCCSc1nc(NCC(C)C)c2cnn(CCNC(=O)c3c(F)cccc3Cl)c2n1. The molecule has 3 rings (SSSR count). The molecule has 2 aromatic heterocycles. The highest BCUT2D eigenvalue weighted by atomic mass is 35.5. The van der Waals surface area contributed by atoms with Gasteiger partial charge in [0.2, 0.25) is 0 Å². The highest BCUT2D eigenvalue weighted by Crippen LogP contribution is 2.25. The predicted octanol–water partition coefficient (Wildman–Crippen LogP) is 4.62. The van der Waals surface area contributed by atoms with E-state index in [2.05, 4.69) is 46.5 Å². The van der Waals surface area contributed by atoms with E-state index in [4.69, 9.17) is 11.6 Å². The van der Waals surface area contributed by atoms with Gasteiger partial charge in [-0.15, -0.1) is 0 Å². The quantitative estimate of drug-likeness (QED) is 0.336. The van der Waals surface area contributed by atoms with Crippen LogP contribution in [0.4, 0.5) is 10.2 Å². The van der Waals surface area contributed by atoms with Gasteiger partial charge in [-0.3, -0.25) is 4.79 Å². The van der Waals surface area contributed by atoms with Crippen LogP contribution in [0.15, 0.2) is 29.6 Å². The Morgan fingerprint density at radius 2 is 2.13 bits per heavy atom. The summed E-state index contributed by atoms with van der Waals surface area (Å²) in [5.41, 5.74) is 0.535. The lowest BCUT2D eigenvalue weighted by Gasteiger charge is -2.11. The van der Waals surface area contributed by atoms with E-state index >= 15 is 0 Å². The molecule has 166 valence electrons. The fourth-order valence-corrected chi connectivity index (χ4v) is 3.81. The number of anilines is 1. The third-order valence-electron chi connectivity index (χ3n) is 4.39. The van der Waals surface area contributed by atoms with E-state index in [0.29, 0.717) is 23.3 Å². The Balaban J connectivity index is 1.77. The molecule has 7 nitrogen and oxygen atoms in total. The van der Waals surface area contributed by atoms with Gasteiger partial charge in [0.1, 0.15) is 11.6 Å². The second kappa shape index (κ2) is 10.8. The first-order valence-electron chi connectivity index (χ1n) is 10.2. The molecule has 0 aliphatic carbocycles. The molecular weight excluding hydrogens is 439 g/mol. The molecule has 0 bridgehead atoms. The molecule has 0 saturated heterocycles. The molecule has 3 aromatic rings. The second-order valence-electron chi connectivity index (χ2n) is 7.44. The molecule has 0 atom stereocenters. The summed E-state index contributed by atoms with van der Waals surface area (Å²) in [6, 6.07) is 4.15. The number of aromatic nitrogens is 4. The summed E-state index contributed by atoms with van der Waals surface area (Å²) in [5.74, 6) is 0.925. The predicted molar refractivity (Wildman–Crippen MR) is 123 cm³/mol. The summed E-state index contributed by atoms with van der Waals surface area (Å²) >= 11 is 7.56. The van der Waals surface area contributed by atoms with Gasteiger partial charge in [-0.25, -0.2) is 19.0 Å². The van der Waals surface area contributed by atoms with Crippen molar-refractivity contribution in [2.75, 3.05) is 24.2 Å². The van der Waals surface area contributed by atoms with Crippen molar-refractivity contribution in [1.29, 1.82) is 0 Å². The molecule has 2 heterocycles. The Labute approximate surface area is 190 Å². The minimum atomic E-state index is -0.652. The van der Waals surface area contributed by atoms with Crippen LogP contribution < -0.4 is 10.6 Å². The number of rotatable bonds is 10. The van der Waals surface area contributed by atoms with Gasteiger partial charge in [0, 0.05) is 18.8 Å². The number of carbonyl (C=O) groups is 1. The van der Waals surface area contributed by atoms with E-state index in [9.17, 15) is 9.18 Å². The number of hydrogen-bond donors (Lipinski definition) is 2. The average molecular weight is 465 g/mol. The Morgan fingerprint density at radius 3 is 2.84 bits per heavy atom.